The molecule has 7 nitrogen and oxygen atoms in total. The van der Waals surface area contributed by atoms with Gasteiger partial charge in [0.2, 0.25) is 0 Å². The van der Waals surface area contributed by atoms with Gasteiger partial charge in [-0.1, -0.05) is 18.2 Å². The van der Waals surface area contributed by atoms with Gasteiger partial charge >= 0.3 is 0 Å². The quantitative estimate of drug-likeness (QED) is 0.487. The number of aliphatic imine (C=N–C) groups is 1. The number of hydrogen-bond acceptors (Lipinski definition) is 4. The SMILES string of the molecule is CN=C(NCCc1cn2cccc(C)c2n1)NC1CCN(c2ccccc2OC)C1. The fourth-order valence-corrected chi connectivity index (χ4v) is 4.01. The minimum atomic E-state index is 0.346. The lowest BCUT2D eigenvalue weighted by Gasteiger charge is -2.22. The van der Waals surface area contributed by atoms with Crippen molar-refractivity contribution in [1.29, 1.82) is 0 Å². The van der Waals surface area contributed by atoms with E-state index in [1.807, 2.05) is 31.4 Å². The van der Waals surface area contributed by atoms with E-state index in [0.717, 1.165) is 61.2 Å². The molecule has 1 saturated heterocycles. The molecular weight excluding hydrogens is 376 g/mol. The van der Waals surface area contributed by atoms with Crippen LogP contribution in [0.4, 0.5) is 5.69 Å². The smallest absolute Gasteiger partial charge is 0.191 e. The summed E-state index contributed by atoms with van der Waals surface area (Å²) < 4.78 is 7.60. The molecule has 1 aromatic carbocycles. The summed E-state index contributed by atoms with van der Waals surface area (Å²) in [7, 11) is 3.54. The van der Waals surface area contributed by atoms with Crippen molar-refractivity contribution < 1.29 is 4.74 Å². The highest BCUT2D eigenvalue weighted by Crippen LogP contribution is 2.30. The van der Waals surface area contributed by atoms with Gasteiger partial charge < -0.3 is 24.7 Å². The fraction of sp³-hybridized carbons (Fsp3) is 0.391. The number of aromatic nitrogens is 2. The molecule has 0 radical (unpaired) electrons. The lowest BCUT2D eigenvalue weighted by atomic mass is 10.2. The average molecular weight is 407 g/mol. The van der Waals surface area contributed by atoms with Crippen LogP contribution in [0.3, 0.4) is 0 Å². The van der Waals surface area contributed by atoms with Gasteiger partial charge in [-0.25, -0.2) is 4.98 Å². The van der Waals surface area contributed by atoms with Crippen LogP contribution >= 0.6 is 0 Å². The molecule has 2 aromatic heterocycles. The third-order valence-corrected chi connectivity index (χ3v) is 5.58. The van der Waals surface area contributed by atoms with Gasteiger partial charge in [0.15, 0.2) is 5.96 Å². The molecule has 0 spiro atoms. The number of pyridine rings is 1. The van der Waals surface area contributed by atoms with Gasteiger partial charge in [-0.2, -0.15) is 0 Å². The van der Waals surface area contributed by atoms with Gasteiger partial charge in [-0.15, -0.1) is 0 Å². The van der Waals surface area contributed by atoms with Gasteiger partial charge in [0.1, 0.15) is 11.4 Å². The number of rotatable bonds is 6. The summed E-state index contributed by atoms with van der Waals surface area (Å²) >= 11 is 0. The predicted molar refractivity (Wildman–Crippen MR) is 122 cm³/mol. The number of fused-ring (bicyclic) bond motifs is 1. The Morgan fingerprint density at radius 2 is 2.13 bits per heavy atom. The molecule has 0 bridgehead atoms. The van der Waals surface area contributed by atoms with Crippen LogP contribution in [0.5, 0.6) is 5.75 Å². The fourth-order valence-electron chi connectivity index (χ4n) is 4.01. The molecule has 3 heterocycles. The number of aryl methyl sites for hydroxylation is 1. The second kappa shape index (κ2) is 9.07. The topological polar surface area (TPSA) is 66.2 Å². The predicted octanol–water partition coefficient (Wildman–Crippen LogP) is 2.64. The van der Waals surface area contributed by atoms with Crippen LogP contribution in [0, 0.1) is 6.92 Å². The highest BCUT2D eigenvalue weighted by Gasteiger charge is 2.25. The van der Waals surface area contributed by atoms with Crippen molar-refractivity contribution in [2.75, 3.05) is 38.7 Å². The number of anilines is 1. The number of hydrogen-bond donors (Lipinski definition) is 2. The summed E-state index contributed by atoms with van der Waals surface area (Å²) in [5.74, 6) is 1.75. The molecule has 1 unspecified atom stereocenters. The first kappa shape index (κ1) is 20.1. The second-order valence-electron chi connectivity index (χ2n) is 7.65. The Morgan fingerprint density at radius 1 is 1.27 bits per heavy atom. The first-order valence-electron chi connectivity index (χ1n) is 10.5. The maximum absolute atomic E-state index is 5.51. The van der Waals surface area contributed by atoms with Crippen molar-refractivity contribution in [1.82, 2.24) is 20.0 Å². The molecule has 1 atom stereocenters. The average Bonchev–Trinajstić information content (AvgIpc) is 3.40. The number of nitrogens with zero attached hydrogens (tertiary/aromatic N) is 4. The molecule has 0 aliphatic carbocycles. The van der Waals surface area contributed by atoms with Gasteiger partial charge in [-0.05, 0) is 37.1 Å². The van der Waals surface area contributed by atoms with Crippen molar-refractivity contribution >= 4 is 17.3 Å². The Labute approximate surface area is 177 Å². The zero-order valence-corrected chi connectivity index (χ0v) is 17.9. The normalized spacial score (nSPS) is 16.8. The zero-order valence-electron chi connectivity index (χ0n) is 17.9. The number of methoxy groups -OCH3 is 1. The first-order valence-corrected chi connectivity index (χ1v) is 10.5. The minimum Gasteiger partial charge on any atom is -0.495 e. The Morgan fingerprint density at radius 3 is 2.93 bits per heavy atom. The molecule has 0 amide bonds. The molecule has 30 heavy (non-hydrogen) atoms. The van der Waals surface area contributed by atoms with Crippen molar-refractivity contribution in [3.8, 4) is 5.75 Å². The molecule has 4 rings (SSSR count). The molecule has 0 saturated carbocycles. The summed E-state index contributed by atoms with van der Waals surface area (Å²) in [5, 5.41) is 6.98. The minimum absolute atomic E-state index is 0.346. The molecule has 1 fully saturated rings. The lowest BCUT2D eigenvalue weighted by Crippen LogP contribution is -2.45. The van der Waals surface area contributed by atoms with Gasteiger partial charge in [-0.3, -0.25) is 4.99 Å². The van der Waals surface area contributed by atoms with Gasteiger partial charge in [0.25, 0.3) is 0 Å². The van der Waals surface area contributed by atoms with Crippen LogP contribution in [0.25, 0.3) is 5.65 Å². The van der Waals surface area contributed by atoms with E-state index in [1.54, 1.807) is 7.11 Å². The molecule has 2 N–H and O–H groups in total. The van der Waals surface area contributed by atoms with Crippen LogP contribution in [-0.2, 0) is 6.42 Å². The van der Waals surface area contributed by atoms with E-state index in [4.69, 9.17) is 9.72 Å². The monoisotopic (exact) mass is 406 g/mol. The van der Waals surface area contributed by atoms with Crippen molar-refractivity contribution in [3.05, 3.63) is 60.0 Å². The Bertz CT molecular complexity index is 1030. The summed E-state index contributed by atoms with van der Waals surface area (Å²) in [6.07, 6.45) is 6.05. The number of ether oxygens (including phenoxy) is 1. The van der Waals surface area contributed by atoms with E-state index in [9.17, 15) is 0 Å². The van der Waals surface area contributed by atoms with Gasteiger partial charge in [0.05, 0.1) is 18.5 Å². The summed E-state index contributed by atoms with van der Waals surface area (Å²) in [6.45, 7) is 4.79. The molecule has 158 valence electrons. The molecule has 7 heteroatoms. The molecule has 1 aliphatic heterocycles. The molecule has 3 aromatic rings. The number of para-hydroxylation sites is 2. The molecular formula is C23H30N6O. The van der Waals surface area contributed by atoms with E-state index in [0.29, 0.717) is 6.04 Å². The number of guanidine groups is 1. The highest BCUT2D eigenvalue weighted by molar-refractivity contribution is 5.80. The Hall–Kier alpha value is -3.22. The Kier molecular flexibility index (Phi) is 6.07. The van der Waals surface area contributed by atoms with Crippen LogP contribution in [-0.4, -0.2) is 55.2 Å². The van der Waals surface area contributed by atoms with Crippen molar-refractivity contribution in [2.45, 2.75) is 25.8 Å². The largest absolute Gasteiger partial charge is 0.495 e. The zero-order chi connectivity index (χ0) is 20.9. The maximum Gasteiger partial charge on any atom is 0.191 e. The van der Waals surface area contributed by atoms with E-state index in [2.05, 4.69) is 56.2 Å². The third-order valence-electron chi connectivity index (χ3n) is 5.58. The second-order valence-corrected chi connectivity index (χ2v) is 7.65. The van der Waals surface area contributed by atoms with Crippen LogP contribution in [0.2, 0.25) is 0 Å². The van der Waals surface area contributed by atoms with Crippen LogP contribution in [0.1, 0.15) is 17.7 Å². The summed E-state index contributed by atoms with van der Waals surface area (Å²) in [4.78, 5) is 11.5. The van der Waals surface area contributed by atoms with E-state index >= 15 is 0 Å². The first-order chi connectivity index (χ1) is 14.7. The summed E-state index contributed by atoms with van der Waals surface area (Å²) in [6, 6.07) is 12.7. The maximum atomic E-state index is 5.51. The van der Waals surface area contributed by atoms with E-state index in [-0.39, 0.29) is 0 Å². The van der Waals surface area contributed by atoms with Gasteiger partial charge in [0, 0.05) is 51.5 Å². The lowest BCUT2D eigenvalue weighted by molar-refractivity contribution is 0.415. The highest BCUT2D eigenvalue weighted by atomic mass is 16.5. The number of benzene rings is 1. The van der Waals surface area contributed by atoms with E-state index < -0.39 is 0 Å². The summed E-state index contributed by atoms with van der Waals surface area (Å²) in [5.41, 5.74) is 4.44. The Balaban J connectivity index is 1.29. The standard InChI is InChI=1S/C23H30N6O/c1-17-7-6-13-29-16-18(26-22(17)29)10-12-25-23(24-2)27-19-11-14-28(15-19)20-8-4-5-9-21(20)30-3/h4-9,13,16,19H,10-12,14-15H2,1-3H3,(H2,24,25,27). The van der Waals surface area contributed by atoms with Crippen molar-refractivity contribution in [2.24, 2.45) is 4.99 Å². The number of imidazole rings is 1. The molecule has 1 aliphatic rings. The van der Waals surface area contributed by atoms with Crippen LogP contribution in [0.15, 0.2) is 53.8 Å². The van der Waals surface area contributed by atoms with Crippen molar-refractivity contribution in [3.63, 3.8) is 0 Å². The third kappa shape index (κ3) is 4.35. The number of nitrogens with one attached hydrogen (secondary N) is 2. The van der Waals surface area contributed by atoms with Crippen LogP contribution < -0.4 is 20.3 Å². The van der Waals surface area contributed by atoms with E-state index in [1.165, 1.54) is 5.56 Å².